The van der Waals surface area contributed by atoms with Gasteiger partial charge in [0.05, 0.1) is 11.8 Å². The molecule has 1 aromatic carbocycles. The second-order valence-corrected chi connectivity index (χ2v) is 6.65. The number of ether oxygens (including phenoxy) is 1. The van der Waals surface area contributed by atoms with Crippen molar-refractivity contribution in [1.82, 2.24) is 24.5 Å². The molecule has 0 fully saturated rings. The van der Waals surface area contributed by atoms with Crippen molar-refractivity contribution in [3.05, 3.63) is 58.0 Å². The fourth-order valence-electron chi connectivity index (χ4n) is 2.64. The molecule has 2 aromatic heterocycles. The summed E-state index contributed by atoms with van der Waals surface area (Å²) in [5, 5.41) is 7.48. The first-order chi connectivity index (χ1) is 12.9. The number of hydrogen-bond acceptors (Lipinski definition) is 5. The molecule has 1 unspecified atom stereocenters. The highest BCUT2D eigenvalue weighted by molar-refractivity contribution is 6.30. The number of halogens is 1. The summed E-state index contributed by atoms with van der Waals surface area (Å²) in [7, 11) is 0. The minimum atomic E-state index is -0.298. The van der Waals surface area contributed by atoms with Gasteiger partial charge in [-0.15, -0.1) is 0 Å². The normalized spacial score (nSPS) is 12.1. The lowest BCUT2D eigenvalue weighted by Crippen LogP contribution is -2.34. The van der Waals surface area contributed by atoms with E-state index in [1.807, 2.05) is 19.1 Å². The van der Waals surface area contributed by atoms with Crippen LogP contribution in [0, 0.1) is 6.92 Å². The molecule has 1 N–H and O–H groups in total. The minimum Gasteiger partial charge on any atom is -0.491 e. The quantitative estimate of drug-likeness (QED) is 0.665. The molecule has 3 rings (SSSR count). The number of nitrogens with one attached hydrogen (secondary N) is 1. The van der Waals surface area contributed by atoms with Crippen molar-refractivity contribution >= 4 is 23.0 Å². The van der Waals surface area contributed by atoms with Gasteiger partial charge in [0.15, 0.2) is 5.52 Å². The summed E-state index contributed by atoms with van der Waals surface area (Å²) < 4.78 is 8.43. The Morgan fingerprint density at radius 3 is 2.96 bits per heavy atom. The van der Waals surface area contributed by atoms with E-state index in [-0.39, 0.29) is 24.1 Å². The molecule has 0 spiro atoms. The van der Waals surface area contributed by atoms with Gasteiger partial charge in [-0.3, -0.25) is 14.2 Å². The van der Waals surface area contributed by atoms with Crippen LogP contribution in [0.3, 0.4) is 0 Å². The smallest absolute Gasteiger partial charge is 0.280 e. The maximum absolute atomic E-state index is 12.4. The molecule has 8 nitrogen and oxygen atoms in total. The van der Waals surface area contributed by atoms with E-state index in [9.17, 15) is 9.59 Å². The molecule has 3 aromatic rings. The summed E-state index contributed by atoms with van der Waals surface area (Å²) in [6, 6.07) is 7.16. The third kappa shape index (κ3) is 4.65. The van der Waals surface area contributed by atoms with Crippen LogP contribution in [-0.4, -0.2) is 37.7 Å². The Morgan fingerprint density at radius 2 is 2.19 bits per heavy atom. The third-order valence-corrected chi connectivity index (χ3v) is 4.27. The van der Waals surface area contributed by atoms with Crippen molar-refractivity contribution in [2.75, 3.05) is 6.54 Å². The van der Waals surface area contributed by atoms with Gasteiger partial charge in [-0.1, -0.05) is 17.7 Å². The van der Waals surface area contributed by atoms with Crippen molar-refractivity contribution in [2.24, 2.45) is 0 Å². The molecule has 0 bridgehead atoms. The monoisotopic (exact) mass is 389 g/mol. The number of amides is 1. The Hall–Kier alpha value is -2.87. The summed E-state index contributed by atoms with van der Waals surface area (Å²) in [5.74, 6) is 0.416. The van der Waals surface area contributed by atoms with Gasteiger partial charge in [-0.05, 0) is 32.0 Å². The fraction of sp³-hybridized carbons (Fsp3) is 0.333. The standard InChI is InChI=1S/C18H20ClN5O3/c1-12(27-15-5-3-4-14(19)8-15)6-7-20-16(25)9-23-11-22-24-10-21-13(2)17(24)18(23)26/h3-5,8,10-12H,6-7,9H2,1-2H3,(H,20,25). The van der Waals surface area contributed by atoms with Crippen molar-refractivity contribution in [3.8, 4) is 5.75 Å². The van der Waals surface area contributed by atoms with E-state index in [2.05, 4.69) is 15.4 Å². The number of aryl methyl sites for hydroxylation is 1. The van der Waals surface area contributed by atoms with E-state index in [1.54, 1.807) is 19.1 Å². The zero-order chi connectivity index (χ0) is 19.4. The molecular formula is C18H20ClN5O3. The summed E-state index contributed by atoms with van der Waals surface area (Å²) >= 11 is 5.93. The molecule has 0 aliphatic carbocycles. The van der Waals surface area contributed by atoms with Crippen LogP contribution in [0.1, 0.15) is 19.0 Å². The molecule has 2 heterocycles. The average Bonchev–Trinajstić information content (AvgIpc) is 2.99. The van der Waals surface area contributed by atoms with Gasteiger partial charge >= 0.3 is 0 Å². The van der Waals surface area contributed by atoms with E-state index in [4.69, 9.17) is 16.3 Å². The first-order valence-electron chi connectivity index (χ1n) is 8.52. The maximum Gasteiger partial charge on any atom is 0.280 e. The van der Waals surface area contributed by atoms with Gasteiger partial charge < -0.3 is 10.1 Å². The van der Waals surface area contributed by atoms with Gasteiger partial charge in [0.2, 0.25) is 5.91 Å². The Bertz CT molecular complexity index is 1010. The van der Waals surface area contributed by atoms with Crippen molar-refractivity contribution in [2.45, 2.75) is 32.9 Å². The lowest BCUT2D eigenvalue weighted by Gasteiger charge is -2.15. The molecule has 0 saturated heterocycles. The summed E-state index contributed by atoms with van der Waals surface area (Å²) in [5.41, 5.74) is 0.649. The second-order valence-electron chi connectivity index (χ2n) is 6.21. The van der Waals surface area contributed by atoms with Crippen molar-refractivity contribution < 1.29 is 9.53 Å². The highest BCUT2D eigenvalue weighted by atomic mass is 35.5. The van der Waals surface area contributed by atoms with E-state index < -0.39 is 0 Å². The number of imidazole rings is 1. The average molecular weight is 390 g/mol. The first kappa shape index (κ1) is 18.9. The number of hydrogen-bond donors (Lipinski definition) is 1. The topological polar surface area (TPSA) is 90.5 Å². The first-order valence-corrected chi connectivity index (χ1v) is 8.90. The third-order valence-electron chi connectivity index (χ3n) is 4.03. The Labute approximate surface area is 160 Å². The Balaban J connectivity index is 1.50. The van der Waals surface area contributed by atoms with Crippen molar-refractivity contribution in [1.29, 1.82) is 0 Å². The second kappa shape index (κ2) is 8.22. The van der Waals surface area contributed by atoms with Crippen molar-refractivity contribution in [3.63, 3.8) is 0 Å². The summed E-state index contributed by atoms with van der Waals surface area (Å²) in [6.07, 6.45) is 3.32. The molecule has 1 atom stereocenters. The molecular weight excluding hydrogens is 370 g/mol. The van der Waals surface area contributed by atoms with Gasteiger partial charge in [-0.2, -0.15) is 5.10 Å². The van der Waals surface area contributed by atoms with Crippen LogP contribution in [0.5, 0.6) is 5.75 Å². The van der Waals surface area contributed by atoms with Crippen LogP contribution in [0.15, 0.2) is 41.7 Å². The lowest BCUT2D eigenvalue weighted by molar-refractivity contribution is -0.121. The van der Waals surface area contributed by atoms with Crippen LogP contribution in [0.2, 0.25) is 5.02 Å². The SMILES string of the molecule is Cc1ncn2ncn(CC(=O)NCCC(C)Oc3cccc(Cl)c3)c(=O)c12. The van der Waals surface area contributed by atoms with Gasteiger partial charge in [-0.25, -0.2) is 9.50 Å². The molecule has 9 heteroatoms. The number of nitrogens with zero attached hydrogens (tertiary/aromatic N) is 4. The molecule has 0 aliphatic heterocycles. The highest BCUT2D eigenvalue weighted by Crippen LogP contribution is 2.18. The van der Waals surface area contributed by atoms with Crippen LogP contribution < -0.4 is 15.6 Å². The fourth-order valence-corrected chi connectivity index (χ4v) is 2.82. The number of benzene rings is 1. The highest BCUT2D eigenvalue weighted by Gasteiger charge is 2.11. The molecule has 0 radical (unpaired) electrons. The van der Waals surface area contributed by atoms with Crippen LogP contribution in [-0.2, 0) is 11.3 Å². The Kier molecular flexibility index (Phi) is 5.75. The number of rotatable bonds is 7. The number of fused-ring (bicyclic) bond motifs is 1. The van der Waals surface area contributed by atoms with Crippen LogP contribution in [0.25, 0.3) is 5.52 Å². The lowest BCUT2D eigenvalue weighted by atomic mass is 10.2. The Morgan fingerprint density at radius 1 is 1.37 bits per heavy atom. The molecule has 27 heavy (non-hydrogen) atoms. The zero-order valence-electron chi connectivity index (χ0n) is 15.1. The predicted molar refractivity (Wildman–Crippen MR) is 101 cm³/mol. The van der Waals surface area contributed by atoms with Crippen LogP contribution >= 0.6 is 11.6 Å². The van der Waals surface area contributed by atoms with E-state index in [0.717, 1.165) is 0 Å². The largest absolute Gasteiger partial charge is 0.491 e. The van der Waals surface area contributed by atoms with Crippen LogP contribution in [0.4, 0.5) is 0 Å². The zero-order valence-corrected chi connectivity index (χ0v) is 15.8. The van der Waals surface area contributed by atoms with Gasteiger partial charge in [0.25, 0.3) is 5.56 Å². The predicted octanol–water partition coefficient (Wildman–Crippen LogP) is 1.83. The summed E-state index contributed by atoms with van der Waals surface area (Å²) in [6.45, 7) is 3.97. The number of carbonyl (C=O) groups is 1. The molecule has 142 valence electrons. The number of carbonyl (C=O) groups excluding carboxylic acids is 1. The molecule has 0 aliphatic rings. The van der Waals surface area contributed by atoms with Gasteiger partial charge in [0.1, 0.15) is 24.9 Å². The summed E-state index contributed by atoms with van der Waals surface area (Å²) in [4.78, 5) is 28.6. The minimum absolute atomic E-state index is 0.0982. The van der Waals surface area contributed by atoms with Gasteiger partial charge in [0, 0.05) is 18.0 Å². The van der Waals surface area contributed by atoms with E-state index >= 15 is 0 Å². The maximum atomic E-state index is 12.4. The number of aromatic nitrogens is 4. The molecule has 0 saturated carbocycles. The molecule has 1 amide bonds. The van der Waals surface area contributed by atoms with E-state index in [0.29, 0.717) is 34.9 Å². The van der Waals surface area contributed by atoms with E-state index in [1.165, 1.54) is 21.7 Å².